The molecule has 0 bridgehead atoms. The molecule has 0 unspecified atom stereocenters. The third-order valence-electron chi connectivity index (χ3n) is 1.67. The van der Waals surface area contributed by atoms with E-state index in [0.717, 1.165) is 18.5 Å². The summed E-state index contributed by atoms with van der Waals surface area (Å²) in [6.45, 7) is 4.21. The van der Waals surface area contributed by atoms with Crippen molar-refractivity contribution in [2.45, 2.75) is 26.7 Å². The van der Waals surface area contributed by atoms with Gasteiger partial charge in [-0.05, 0) is 30.9 Å². The fraction of sp³-hybridized carbons (Fsp3) is 0.400. The summed E-state index contributed by atoms with van der Waals surface area (Å²) in [7, 11) is 0. The Morgan fingerprint density at radius 2 is 2.18 bits per heavy atom. The van der Waals surface area contributed by atoms with Crippen LogP contribution in [0.5, 0.6) is 0 Å². The second kappa shape index (κ2) is 3.95. The second-order valence-corrected chi connectivity index (χ2v) is 2.47. The number of hydrogen-bond acceptors (Lipinski definition) is 1. The van der Waals surface area contributed by atoms with Crippen LogP contribution in [0.15, 0.2) is 34.5 Å². The van der Waals surface area contributed by atoms with Crippen molar-refractivity contribution < 1.29 is 0 Å². The van der Waals surface area contributed by atoms with Gasteiger partial charge in [0.05, 0.1) is 5.70 Å². The standard InChI is InChI=1S/C10H13N/c1-3-9-6-5-7-10(4-2)11-8-9/h5-7H,3-4H2,1-2H3. The maximum atomic E-state index is 4.21. The number of hydrogen-bond donors (Lipinski definition) is 0. The van der Waals surface area contributed by atoms with Gasteiger partial charge in [-0.2, -0.15) is 0 Å². The lowest BCUT2D eigenvalue weighted by molar-refractivity contribution is 1.07. The van der Waals surface area contributed by atoms with Crippen LogP contribution in [0, 0.1) is 0 Å². The quantitative estimate of drug-likeness (QED) is 0.569. The molecule has 11 heavy (non-hydrogen) atoms. The van der Waals surface area contributed by atoms with Gasteiger partial charge in [-0.25, -0.2) is 4.99 Å². The molecular weight excluding hydrogens is 134 g/mol. The topological polar surface area (TPSA) is 12.4 Å². The number of aliphatic imine (C=N–C) groups is 1. The second-order valence-electron chi connectivity index (χ2n) is 2.47. The molecule has 0 saturated heterocycles. The SMILES string of the molecule is CCC1=C=NC(CC)=CC=C1. The zero-order valence-electron chi connectivity index (χ0n) is 7.09. The van der Waals surface area contributed by atoms with E-state index in [4.69, 9.17) is 0 Å². The molecule has 0 saturated carbocycles. The third kappa shape index (κ3) is 2.21. The Bertz CT molecular complexity index is 250. The minimum Gasteiger partial charge on any atom is -0.210 e. The molecule has 0 spiro atoms. The predicted molar refractivity (Wildman–Crippen MR) is 48.8 cm³/mol. The molecule has 58 valence electrons. The van der Waals surface area contributed by atoms with Crippen LogP contribution < -0.4 is 0 Å². The van der Waals surface area contributed by atoms with E-state index in [-0.39, 0.29) is 0 Å². The van der Waals surface area contributed by atoms with E-state index in [1.807, 2.05) is 12.2 Å². The van der Waals surface area contributed by atoms with Gasteiger partial charge >= 0.3 is 0 Å². The highest BCUT2D eigenvalue weighted by molar-refractivity contribution is 5.64. The van der Waals surface area contributed by atoms with Crippen molar-refractivity contribution in [1.29, 1.82) is 0 Å². The third-order valence-corrected chi connectivity index (χ3v) is 1.67. The van der Waals surface area contributed by atoms with Crippen molar-refractivity contribution in [2.24, 2.45) is 4.99 Å². The first-order valence-corrected chi connectivity index (χ1v) is 4.06. The summed E-state index contributed by atoms with van der Waals surface area (Å²) < 4.78 is 0. The van der Waals surface area contributed by atoms with Crippen LogP contribution in [-0.2, 0) is 0 Å². The van der Waals surface area contributed by atoms with E-state index in [9.17, 15) is 0 Å². The number of nitrogens with zero attached hydrogens (tertiary/aromatic N) is 1. The fourth-order valence-electron chi connectivity index (χ4n) is 0.887. The van der Waals surface area contributed by atoms with E-state index < -0.39 is 0 Å². The largest absolute Gasteiger partial charge is 0.210 e. The summed E-state index contributed by atoms with van der Waals surface area (Å²) in [5.41, 5.74) is 2.27. The average molecular weight is 147 g/mol. The highest BCUT2D eigenvalue weighted by atomic mass is 14.7. The van der Waals surface area contributed by atoms with E-state index in [0.29, 0.717) is 0 Å². The summed E-state index contributed by atoms with van der Waals surface area (Å²) in [6, 6.07) is 0. The van der Waals surface area contributed by atoms with Crippen LogP contribution in [0.3, 0.4) is 0 Å². The van der Waals surface area contributed by atoms with Gasteiger partial charge in [0.25, 0.3) is 0 Å². The van der Waals surface area contributed by atoms with Gasteiger partial charge in [0.15, 0.2) is 0 Å². The van der Waals surface area contributed by atoms with Crippen molar-refractivity contribution in [3.05, 3.63) is 29.5 Å². The van der Waals surface area contributed by atoms with Gasteiger partial charge in [0.2, 0.25) is 0 Å². The van der Waals surface area contributed by atoms with Crippen LogP contribution in [0.25, 0.3) is 0 Å². The number of allylic oxidation sites excluding steroid dienone is 5. The molecule has 0 radical (unpaired) electrons. The molecule has 1 rings (SSSR count). The monoisotopic (exact) mass is 147 g/mol. The summed E-state index contributed by atoms with van der Waals surface area (Å²) in [4.78, 5) is 4.21. The van der Waals surface area contributed by atoms with Gasteiger partial charge < -0.3 is 0 Å². The van der Waals surface area contributed by atoms with Gasteiger partial charge in [-0.15, -0.1) is 0 Å². The van der Waals surface area contributed by atoms with Crippen LogP contribution >= 0.6 is 0 Å². The molecule has 0 amide bonds. The molecule has 0 fully saturated rings. The Morgan fingerprint density at radius 3 is 2.82 bits per heavy atom. The smallest absolute Gasteiger partial charge is 0.0500 e. The highest BCUT2D eigenvalue weighted by Crippen LogP contribution is 2.07. The molecule has 1 heterocycles. The van der Waals surface area contributed by atoms with Gasteiger partial charge in [0, 0.05) is 5.57 Å². The molecular formula is C10H13N. The van der Waals surface area contributed by atoms with Crippen molar-refractivity contribution in [3.8, 4) is 0 Å². The molecule has 1 aliphatic rings. The number of rotatable bonds is 2. The van der Waals surface area contributed by atoms with E-state index in [2.05, 4.69) is 30.8 Å². The Balaban J connectivity index is 2.87. The first kappa shape index (κ1) is 8.03. The summed E-state index contributed by atoms with van der Waals surface area (Å²) in [5, 5.41) is 0. The van der Waals surface area contributed by atoms with Crippen LogP contribution in [-0.4, -0.2) is 5.87 Å². The first-order valence-electron chi connectivity index (χ1n) is 4.06. The lowest BCUT2D eigenvalue weighted by Crippen LogP contribution is -1.73. The van der Waals surface area contributed by atoms with E-state index in [1.165, 1.54) is 5.57 Å². The van der Waals surface area contributed by atoms with Gasteiger partial charge in [-0.3, -0.25) is 0 Å². The van der Waals surface area contributed by atoms with Crippen molar-refractivity contribution in [3.63, 3.8) is 0 Å². The first-order chi connectivity index (χ1) is 5.36. The Kier molecular flexibility index (Phi) is 2.88. The summed E-state index contributed by atoms with van der Waals surface area (Å²) in [6.07, 6.45) is 8.13. The molecule has 0 N–H and O–H groups in total. The molecule has 0 aromatic heterocycles. The Hall–Kier alpha value is -1.07. The Morgan fingerprint density at radius 1 is 1.36 bits per heavy atom. The predicted octanol–water partition coefficient (Wildman–Crippen LogP) is 2.86. The van der Waals surface area contributed by atoms with Crippen LogP contribution in [0.2, 0.25) is 0 Å². The normalized spacial score (nSPS) is 15.8. The lowest BCUT2D eigenvalue weighted by Gasteiger charge is -1.87. The van der Waals surface area contributed by atoms with E-state index in [1.54, 1.807) is 0 Å². The molecule has 0 aliphatic carbocycles. The highest BCUT2D eigenvalue weighted by Gasteiger charge is 1.91. The molecule has 1 heteroatoms. The summed E-state index contributed by atoms with van der Waals surface area (Å²) in [5.74, 6) is 3.02. The zero-order valence-corrected chi connectivity index (χ0v) is 7.09. The van der Waals surface area contributed by atoms with Crippen molar-refractivity contribution in [2.75, 3.05) is 0 Å². The average Bonchev–Trinajstić information content (AvgIpc) is 2.28. The molecule has 1 aliphatic heterocycles. The maximum absolute atomic E-state index is 4.21. The Labute approximate surface area is 67.8 Å². The van der Waals surface area contributed by atoms with Crippen molar-refractivity contribution >= 4 is 5.87 Å². The van der Waals surface area contributed by atoms with Gasteiger partial charge in [-0.1, -0.05) is 19.9 Å². The van der Waals surface area contributed by atoms with Crippen LogP contribution in [0.1, 0.15) is 26.7 Å². The maximum Gasteiger partial charge on any atom is 0.0500 e. The molecule has 0 atom stereocenters. The minimum atomic E-state index is 0.980. The van der Waals surface area contributed by atoms with Gasteiger partial charge in [0.1, 0.15) is 0 Å². The minimum absolute atomic E-state index is 0.980. The molecule has 0 aromatic carbocycles. The van der Waals surface area contributed by atoms with Crippen LogP contribution in [0.4, 0.5) is 0 Å². The molecule has 0 aromatic rings. The zero-order chi connectivity index (χ0) is 8.10. The molecule has 1 nitrogen and oxygen atoms in total. The van der Waals surface area contributed by atoms with Crippen molar-refractivity contribution in [1.82, 2.24) is 0 Å². The van der Waals surface area contributed by atoms with E-state index >= 15 is 0 Å². The summed E-state index contributed by atoms with van der Waals surface area (Å²) >= 11 is 0. The fourth-order valence-corrected chi connectivity index (χ4v) is 0.887. The lowest BCUT2D eigenvalue weighted by atomic mass is 10.2.